The van der Waals surface area contributed by atoms with Gasteiger partial charge in [-0.05, 0) is 41.3 Å². The number of hydrogen-bond acceptors (Lipinski definition) is 5. The summed E-state index contributed by atoms with van der Waals surface area (Å²) in [4.78, 5) is 0. The molecule has 38 heavy (non-hydrogen) atoms. The lowest BCUT2D eigenvalue weighted by molar-refractivity contribution is -0.405. The minimum Gasteiger partial charge on any atom is -0.487 e. The molecule has 3 aromatic rings. The van der Waals surface area contributed by atoms with Gasteiger partial charge in [0.15, 0.2) is 6.86 Å². The van der Waals surface area contributed by atoms with Crippen molar-refractivity contribution in [1.82, 2.24) is 0 Å². The van der Waals surface area contributed by atoms with Crippen molar-refractivity contribution in [2.24, 2.45) is 0 Å². The molecule has 0 saturated heterocycles. The van der Waals surface area contributed by atoms with E-state index < -0.39 is 31.9 Å². The first-order valence-corrected chi connectivity index (χ1v) is 11.7. The molecule has 3 rings (SSSR count). The van der Waals surface area contributed by atoms with Gasteiger partial charge in [-0.25, -0.2) is 4.39 Å². The van der Waals surface area contributed by atoms with E-state index in [1.807, 2.05) is 37.3 Å². The van der Waals surface area contributed by atoms with Gasteiger partial charge in [0, 0.05) is 6.07 Å². The molecule has 0 aromatic heterocycles. The third-order valence-electron chi connectivity index (χ3n) is 5.49. The normalized spacial score (nSPS) is 12.8. The Bertz CT molecular complexity index is 1170. The van der Waals surface area contributed by atoms with Crippen LogP contribution in [0.25, 0.3) is 0 Å². The fourth-order valence-corrected chi connectivity index (χ4v) is 3.61. The maximum Gasteiger partial charge on any atom is 0.487 e. The molecule has 5 nitrogen and oxygen atoms in total. The minimum atomic E-state index is -4.92. The molecule has 206 valence electrons. The van der Waals surface area contributed by atoms with Crippen molar-refractivity contribution in [2.75, 3.05) is 19.2 Å². The zero-order valence-corrected chi connectivity index (χ0v) is 20.4. The van der Waals surface area contributed by atoms with Gasteiger partial charge in [0.1, 0.15) is 29.8 Å². The van der Waals surface area contributed by atoms with Crippen LogP contribution in [-0.4, -0.2) is 25.9 Å². The molecule has 0 radical (unpaired) electrons. The molecule has 0 bridgehead atoms. The Hall–Kier alpha value is -3.44. The topological polar surface area (TPSA) is 62.9 Å². The monoisotopic (exact) mass is 543 g/mol. The van der Waals surface area contributed by atoms with Gasteiger partial charge in [-0.2, -0.15) is 13.2 Å². The van der Waals surface area contributed by atoms with Crippen molar-refractivity contribution in [3.63, 3.8) is 0 Å². The van der Waals surface area contributed by atoms with Gasteiger partial charge in [-0.3, -0.25) is 9.47 Å². The molecule has 0 aliphatic carbocycles. The van der Waals surface area contributed by atoms with Crippen LogP contribution < -0.4 is 15.2 Å². The average Bonchev–Trinajstić information content (AvgIpc) is 2.85. The van der Waals surface area contributed by atoms with Crippen LogP contribution in [0, 0.1) is 0 Å². The number of nitrogen functional groups attached to an aromatic ring is 1. The molecule has 11 heteroatoms. The van der Waals surface area contributed by atoms with Crippen molar-refractivity contribution in [2.45, 2.75) is 44.8 Å². The summed E-state index contributed by atoms with van der Waals surface area (Å²) in [6.45, 7) is -1.29. The van der Waals surface area contributed by atoms with Crippen LogP contribution in [0.2, 0.25) is 0 Å². The average molecular weight is 544 g/mol. The van der Waals surface area contributed by atoms with E-state index in [2.05, 4.69) is 9.47 Å². The molecule has 0 aliphatic rings. The molecule has 0 fully saturated rings. The largest absolute Gasteiger partial charge is 0.487 e. The fraction of sp³-hybridized carbons (Fsp3) is 0.333. The summed E-state index contributed by atoms with van der Waals surface area (Å²) in [7, 11) is 0. The molecular weight excluding hydrogens is 516 g/mol. The van der Waals surface area contributed by atoms with E-state index in [4.69, 9.17) is 15.2 Å². The molecular formula is C27H27F6NO4. The minimum absolute atomic E-state index is 0.264. The summed E-state index contributed by atoms with van der Waals surface area (Å²) in [5, 5.41) is 0. The maximum atomic E-state index is 13.7. The highest BCUT2D eigenvalue weighted by Gasteiger charge is 2.44. The number of anilines is 1. The van der Waals surface area contributed by atoms with Crippen molar-refractivity contribution in [3.8, 4) is 17.2 Å². The predicted octanol–water partition coefficient (Wildman–Crippen LogP) is 7.75. The predicted molar refractivity (Wildman–Crippen MR) is 129 cm³/mol. The van der Waals surface area contributed by atoms with E-state index in [9.17, 15) is 26.3 Å². The van der Waals surface area contributed by atoms with Gasteiger partial charge in [0.2, 0.25) is 0 Å². The summed E-state index contributed by atoms with van der Waals surface area (Å²) in [5.41, 5.74) is 7.43. The molecule has 1 unspecified atom stereocenters. The SMILES string of the molecule is CCCc1cc(C(COC(F)(F)OCF)C(F)(F)F)ccc1Oc1ccc(N)c(OCc2ccccc2)c1. The lowest BCUT2D eigenvalue weighted by Crippen LogP contribution is -2.32. The summed E-state index contributed by atoms with van der Waals surface area (Å²) >= 11 is 0. The zero-order chi connectivity index (χ0) is 27.8. The van der Waals surface area contributed by atoms with Gasteiger partial charge in [-0.15, -0.1) is 8.78 Å². The second-order valence-electron chi connectivity index (χ2n) is 8.32. The Balaban J connectivity index is 1.82. The van der Waals surface area contributed by atoms with Gasteiger partial charge < -0.3 is 15.2 Å². The number of rotatable bonds is 13. The molecule has 0 spiro atoms. The Morgan fingerprint density at radius 1 is 0.868 bits per heavy atom. The summed E-state index contributed by atoms with van der Waals surface area (Å²) in [6, 6.07) is 17.8. The highest BCUT2D eigenvalue weighted by molar-refractivity contribution is 5.56. The lowest BCUT2D eigenvalue weighted by atomic mass is 9.95. The van der Waals surface area contributed by atoms with Crippen LogP contribution in [0.15, 0.2) is 66.7 Å². The fourth-order valence-electron chi connectivity index (χ4n) is 3.61. The number of ether oxygens (including phenoxy) is 4. The Morgan fingerprint density at radius 3 is 2.26 bits per heavy atom. The summed E-state index contributed by atoms with van der Waals surface area (Å²) in [5.74, 6) is -1.42. The number of halogens is 6. The number of hydrogen-bond donors (Lipinski definition) is 1. The van der Waals surface area contributed by atoms with Crippen LogP contribution in [0.3, 0.4) is 0 Å². The standard InChI is InChI=1S/C27H27F6NO4/c1-2-6-20-13-19(22(26(29,30)31)16-36-27(32,33)37-17-28)9-12-24(20)38-21-10-11-23(34)25(14-21)35-15-18-7-4-3-5-8-18/h3-5,7-14,22H,2,6,15-17,34H2,1H3. The maximum absolute atomic E-state index is 13.7. The van der Waals surface area contributed by atoms with Gasteiger partial charge in [-0.1, -0.05) is 55.8 Å². The van der Waals surface area contributed by atoms with Crippen molar-refractivity contribution < 1.29 is 45.3 Å². The summed E-state index contributed by atoms with van der Waals surface area (Å²) < 4.78 is 98.9. The Kier molecular flexibility index (Phi) is 9.87. The second kappa shape index (κ2) is 12.9. The van der Waals surface area contributed by atoms with Crippen LogP contribution in [0.5, 0.6) is 17.2 Å². The zero-order valence-electron chi connectivity index (χ0n) is 20.4. The van der Waals surface area contributed by atoms with Crippen LogP contribution in [0.4, 0.5) is 32.0 Å². The second-order valence-corrected chi connectivity index (χ2v) is 8.32. The van der Waals surface area contributed by atoms with Gasteiger partial charge >= 0.3 is 12.5 Å². The summed E-state index contributed by atoms with van der Waals surface area (Å²) in [6.07, 6.45) is -8.49. The highest BCUT2D eigenvalue weighted by atomic mass is 19.4. The van der Waals surface area contributed by atoms with Gasteiger partial charge in [0.25, 0.3) is 0 Å². The first-order chi connectivity index (χ1) is 18.0. The third-order valence-corrected chi connectivity index (χ3v) is 5.49. The third kappa shape index (κ3) is 8.29. The number of aryl methyl sites for hydroxylation is 1. The first-order valence-electron chi connectivity index (χ1n) is 11.7. The van der Waals surface area contributed by atoms with E-state index in [0.717, 1.165) is 11.6 Å². The van der Waals surface area contributed by atoms with Crippen LogP contribution in [-0.2, 0) is 22.5 Å². The van der Waals surface area contributed by atoms with Crippen molar-refractivity contribution in [1.29, 1.82) is 0 Å². The van der Waals surface area contributed by atoms with Gasteiger partial charge in [0.05, 0.1) is 12.3 Å². The van der Waals surface area contributed by atoms with Crippen molar-refractivity contribution in [3.05, 3.63) is 83.4 Å². The Morgan fingerprint density at radius 2 is 1.61 bits per heavy atom. The highest BCUT2D eigenvalue weighted by Crippen LogP contribution is 2.39. The van der Waals surface area contributed by atoms with E-state index in [1.165, 1.54) is 12.1 Å². The number of nitrogens with two attached hydrogens (primary N) is 1. The molecule has 0 aliphatic heterocycles. The van der Waals surface area contributed by atoms with E-state index in [0.29, 0.717) is 35.6 Å². The molecule has 1 atom stereocenters. The van der Waals surface area contributed by atoms with E-state index in [-0.39, 0.29) is 17.9 Å². The quantitative estimate of drug-likeness (QED) is 0.136. The molecule has 0 saturated carbocycles. The molecule has 2 N–H and O–H groups in total. The Labute approximate surface area is 216 Å². The molecule has 3 aromatic carbocycles. The van der Waals surface area contributed by atoms with Crippen LogP contribution >= 0.6 is 0 Å². The lowest BCUT2D eigenvalue weighted by Gasteiger charge is -2.24. The van der Waals surface area contributed by atoms with Crippen molar-refractivity contribution >= 4 is 5.69 Å². The van der Waals surface area contributed by atoms with E-state index >= 15 is 0 Å². The smallest absolute Gasteiger partial charge is 0.487 e. The number of alkyl halides is 6. The number of benzene rings is 3. The van der Waals surface area contributed by atoms with E-state index in [1.54, 1.807) is 18.2 Å². The first kappa shape index (κ1) is 29.1. The molecule has 0 heterocycles. The van der Waals surface area contributed by atoms with Crippen LogP contribution in [0.1, 0.15) is 36.0 Å². The molecule has 0 amide bonds.